The molecule has 1 heterocycles. The Kier molecular flexibility index (Phi) is 4.59. The van der Waals surface area contributed by atoms with Gasteiger partial charge in [-0.3, -0.25) is 4.79 Å². The largest absolute Gasteiger partial charge is 0.399 e. The van der Waals surface area contributed by atoms with Gasteiger partial charge in [0.15, 0.2) is 9.84 Å². The molecule has 0 bridgehead atoms. The molecule has 3 N–H and O–H groups in total. The molecule has 2 aromatic rings. The van der Waals surface area contributed by atoms with E-state index in [2.05, 4.69) is 5.32 Å². The van der Waals surface area contributed by atoms with Gasteiger partial charge in [-0.25, -0.2) is 12.8 Å². The summed E-state index contributed by atoms with van der Waals surface area (Å²) in [6.45, 7) is 0. The van der Waals surface area contributed by atoms with Crippen LogP contribution >= 0.6 is 11.3 Å². The average molecular weight is 328 g/mol. The monoisotopic (exact) mass is 328 g/mol. The van der Waals surface area contributed by atoms with E-state index in [0.717, 1.165) is 17.4 Å². The molecule has 8 heteroatoms. The quantitative estimate of drug-likeness (QED) is 0.824. The van der Waals surface area contributed by atoms with Crippen LogP contribution in [-0.4, -0.2) is 20.1 Å². The van der Waals surface area contributed by atoms with Crippen LogP contribution in [0.2, 0.25) is 0 Å². The second kappa shape index (κ2) is 6.23. The van der Waals surface area contributed by atoms with Gasteiger partial charge in [0.25, 0.3) is 0 Å². The number of sulfone groups is 1. The predicted molar refractivity (Wildman–Crippen MR) is 80.4 cm³/mol. The fourth-order valence-corrected chi connectivity index (χ4v) is 4.01. The van der Waals surface area contributed by atoms with Crippen LogP contribution in [0.5, 0.6) is 0 Å². The molecule has 2 rings (SSSR count). The van der Waals surface area contributed by atoms with Gasteiger partial charge in [0, 0.05) is 12.1 Å². The average Bonchev–Trinajstić information content (AvgIpc) is 2.96. The lowest BCUT2D eigenvalue weighted by atomic mass is 10.2. The highest BCUT2D eigenvalue weighted by Crippen LogP contribution is 2.20. The van der Waals surface area contributed by atoms with Gasteiger partial charge in [0.05, 0.1) is 11.4 Å². The Morgan fingerprint density at radius 3 is 2.76 bits per heavy atom. The van der Waals surface area contributed by atoms with E-state index in [1.165, 1.54) is 18.2 Å². The molecule has 0 atom stereocenters. The smallest absolute Gasteiger partial charge is 0.225 e. The van der Waals surface area contributed by atoms with E-state index < -0.39 is 21.6 Å². The van der Waals surface area contributed by atoms with Gasteiger partial charge in [-0.15, -0.1) is 11.3 Å². The van der Waals surface area contributed by atoms with Crippen molar-refractivity contribution < 1.29 is 17.6 Å². The molecule has 0 saturated carbocycles. The number of nitrogens with two attached hydrogens (primary N) is 1. The third-order valence-electron chi connectivity index (χ3n) is 2.66. The zero-order valence-electron chi connectivity index (χ0n) is 10.9. The third-order valence-corrected chi connectivity index (χ3v) is 5.87. The standard InChI is InChI=1S/C13H13FN2O3S2/c14-10-4-3-9(15)8-11(10)16-12(17)5-7-21(18,19)13-2-1-6-20-13/h1-4,6,8H,5,7,15H2,(H,16,17). The zero-order valence-corrected chi connectivity index (χ0v) is 12.5. The number of benzene rings is 1. The lowest BCUT2D eigenvalue weighted by Crippen LogP contribution is -2.17. The second-order valence-corrected chi connectivity index (χ2v) is 7.57. The van der Waals surface area contributed by atoms with Crippen molar-refractivity contribution in [3.63, 3.8) is 0 Å². The van der Waals surface area contributed by atoms with Crippen molar-refractivity contribution in [1.82, 2.24) is 0 Å². The molecule has 0 saturated heterocycles. The molecular formula is C13H13FN2O3S2. The number of nitrogen functional groups attached to an aromatic ring is 1. The summed E-state index contributed by atoms with van der Waals surface area (Å²) in [4.78, 5) is 11.7. The summed E-state index contributed by atoms with van der Waals surface area (Å²) in [7, 11) is -3.48. The number of nitrogens with one attached hydrogen (secondary N) is 1. The van der Waals surface area contributed by atoms with Crippen LogP contribution in [0.4, 0.5) is 15.8 Å². The van der Waals surface area contributed by atoms with Crippen LogP contribution in [0, 0.1) is 5.82 Å². The molecule has 0 aliphatic carbocycles. The molecule has 0 aliphatic rings. The first-order valence-electron chi connectivity index (χ1n) is 5.99. The Hall–Kier alpha value is -1.93. The van der Waals surface area contributed by atoms with Crippen molar-refractivity contribution in [2.24, 2.45) is 0 Å². The molecule has 0 fully saturated rings. The molecule has 1 aromatic heterocycles. The van der Waals surface area contributed by atoms with Crippen molar-refractivity contribution in [2.75, 3.05) is 16.8 Å². The first-order valence-corrected chi connectivity index (χ1v) is 8.53. The van der Waals surface area contributed by atoms with Gasteiger partial charge in [0.2, 0.25) is 5.91 Å². The van der Waals surface area contributed by atoms with Crippen LogP contribution in [-0.2, 0) is 14.6 Å². The van der Waals surface area contributed by atoms with Crippen molar-refractivity contribution in [1.29, 1.82) is 0 Å². The van der Waals surface area contributed by atoms with Crippen LogP contribution in [0.15, 0.2) is 39.9 Å². The molecule has 1 amide bonds. The highest BCUT2D eigenvalue weighted by molar-refractivity contribution is 7.93. The summed E-state index contributed by atoms with van der Waals surface area (Å²) in [5, 5.41) is 3.96. The Morgan fingerprint density at radius 2 is 2.10 bits per heavy atom. The normalized spacial score (nSPS) is 11.3. The van der Waals surface area contributed by atoms with Crippen molar-refractivity contribution in [2.45, 2.75) is 10.6 Å². The van der Waals surface area contributed by atoms with Crippen LogP contribution in [0.25, 0.3) is 0 Å². The molecule has 0 spiro atoms. The number of rotatable bonds is 5. The molecular weight excluding hydrogens is 315 g/mol. The van der Waals surface area contributed by atoms with E-state index in [-0.39, 0.29) is 22.1 Å². The van der Waals surface area contributed by atoms with E-state index in [1.807, 2.05) is 0 Å². The minimum absolute atomic E-state index is 0.0616. The number of halogens is 1. The second-order valence-electron chi connectivity index (χ2n) is 4.29. The van der Waals surface area contributed by atoms with Crippen LogP contribution in [0.3, 0.4) is 0 Å². The lowest BCUT2D eigenvalue weighted by molar-refractivity contribution is -0.115. The Labute approximate surface area is 125 Å². The minimum Gasteiger partial charge on any atom is -0.399 e. The number of hydrogen-bond donors (Lipinski definition) is 2. The van der Waals surface area contributed by atoms with Crippen molar-refractivity contribution >= 4 is 38.5 Å². The fourth-order valence-electron chi connectivity index (χ4n) is 1.62. The van der Waals surface area contributed by atoms with Crippen LogP contribution < -0.4 is 11.1 Å². The molecule has 5 nitrogen and oxygen atoms in total. The van der Waals surface area contributed by atoms with E-state index in [0.29, 0.717) is 5.69 Å². The van der Waals surface area contributed by atoms with Gasteiger partial charge in [-0.1, -0.05) is 6.07 Å². The maximum Gasteiger partial charge on any atom is 0.225 e. The zero-order chi connectivity index (χ0) is 15.5. The topological polar surface area (TPSA) is 89.3 Å². The van der Waals surface area contributed by atoms with E-state index in [1.54, 1.807) is 11.4 Å². The Bertz CT molecular complexity index is 743. The number of carbonyl (C=O) groups is 1. The summed E-state index contributed by atoms with van der Waals surface area (Å²) in [6.07, 6.45) is -0.255. The molecule has 0 unspecified atom stereocenters. The molecule has 112 valence electrons. The number of carbonyl (C=O) groups excluding carboxylic acids is 1. The molecule has 1 aromatic carbocycles. The SMILES string of the molecule is Nc1ccc(F)c(NC(=O)CCS(=O)(=O)c2cccs2)c1. The van der Waals surface area contributed by atoms with Crippen molar-refractivity contribution in [3.8, 4) is 0 Å². The minimum atomic E-state index is -3.48. The van der Waals surface area contributed by atoms with E-state index in [9.17, 15) is 17.6 Å². The number of thiophene rings is 1. The highest BCUT2D eigenvalue weighted by Gasteiger charge is 2.18. The van der Waals surface area contributed by atoms with Crippen LogP contribution in [0.1, 0.15) is 6.42 Å². The summed E-state index contributed by atoms with van der Waals surface area (Å²) >= 11 is 1.09. The number of amides is 1. The van der Waals surface area contributed by atoms with E-state index >= 15 is 0 Å². The predicted octanol–water partition coefficient (Wildman–Crippen LogP) is 2.27. The lowest BCUT2D eigenvalue weighted by Gasteiger charge is -2.07. The summed E-state index contributed by atoms with van der Waals surface area (Å²) in [5.41, 5.74) is 5.74. The fraction of sp³-hybridized carbons (Fsp3) is 0.154. The summed E-state index contributed by atoms with van der Waals surface area (Å²) < 4.78 is 37.5. The molecule has 21 heavy (non-hydrogen) atoms. The van der Waals surface area contributed by atoms with Gasteiger partial charge >= 0.3 is 0 Å². The maximum atomic E-state index is 13.4. The molecule has 0 radical (unpaired) electrons. The number of anilines is 2. The van der Waals surface area contributed by atoms with Gasteiger partial charge in [-0.05, 0) is 29.6 Å². The summed E-state index contributed by atoms with van der Waals surface area (Å²) in [5.74, 6) is -1.54. The Balaban J connectivity index is 1.98. The summed E-state index contributed by atoms with van der Waals surface area (Å²) in [6, 6.07) is 6.88. The number of hydrogen-bond acceptors (Lipinski definition) is 5. The molecule has 0 aliphatic heterocycles. The highest BCUT2D eigenvalue weighted by atomic mass is 32.2. The third kappa shape index (κ3) is 4.02. The van der Waals surface area contributed by atoms with E-state index in [4.69, 9.17) is 5.73 Å². The Morgan fingerprint density at radius 1 is 1.33 bits per heavy atom. The van der Waals surface area contributed by atoms with Gasteiger partial charge in [0.1, 0.15) is 10.0 Å². The first kappa shape index (κ1) is 15.5. The van der Waals surface area contributed by atoms with Crippen molar-refractivity contribution in [3.05, 3.63) is 41.5 Å². The van der Waals surface area contributed by atoms with Gasteiger partial charge < -0.3 is 11.1 Å². The maximum absolute atomic E-state index is 13.4. The van der Waals surface area contributed by atoms with Gasteiger partial charge in [-0.2, -0.15) is 0 Å². The first-order chi connectivity index (χ1) is 9.88.